The third-order valence-corrected chi connectivity index (χ3v) is 4.33. The van der Waals surface area contributed by atoms with Crippen LogP contribution in [0.1, 0.15) is 48.9 Å². The number of carbonyl (C=O) groups excluding carboxylic acids is 1. The van der Waals surface area contributed by atoms with Crippen LogP contribution in [0.3, 0.4) is 0 Å². The standard InChI is InChI=1S/C17H23NO5/c1-22-13-9-12(10-14(11-13)23-2)15(19)18-17(16(20)21)7-5-3-4-6-8-17/h9-11H,3-8H2,1-2H3,(H,18,19)(H,20,21). The number of aliphatic carboxylic acids is 1. The van der Waals surface area contributed by atoms with Gasteiger partial charge >= 0.3 is 5.97 Å². The van der Waals surface area contributed by atoms with E-state index in [0.29, 0.717) is 29.9 Å². The van der Waals surface area contributed by atoms with Crippen molar-refractivity contribution in [1.29, 1.82) is 0 Å². The largest absolute Gasteiger partial charge is 0.497 e. The Morgan fingerprint density at radius 1 is 1.00 bits per heavy atom. The molecular formula is C17H23NO5. The van der Waals surface area contributed by atoms with Crippen molar-refractivity contribution in [2.75, 3.05) is 14.2 Å². The topological polar surface area (TPSA) is 84.9 Å². The van der Waals surface area contributed by atoms with Crippen molar-refractivity contribution in [2.45, 2.75) is 44.1 Å². The molecule has 0 aromatic heterocycles. The summed E-state index contributed by atoms with van der Waals surface area (Å²) in [6, 6.07) is 4.81. The molecule has 0 unspecified atom stereocenters. The Hall–Kier alpha value is -2.24. The number of methoxy groups -OCH3 is 2. The molecule has 126 valence electrons. The lowest BCUT2D eigenvalue weighted by Crippen LogP contribution is -2.54. The number of rotatable bonds is 5. The van der Waals surface area contributed by atoms with E-state index < -0.39 is 17.4 Å². The summed E-state index contributed by atoms with van der Waals surface area (Å²) in [4.78, 5) is 24.4. The molecule has 1 fully saturated rings. The summed E-state index contributed by atoms with van der Waals surface area (Å²) in [5.41, 5.74) is -0.866. The van der Waals surface area contributed by atoms with Crippen LogP contribution in [0.5, 0.6) is 11.5 Å². The van der Waals surface area contributed by atoms with Crippen molar-refractivity contribution >= 4 is 11.9 Å². The minimum atomic E-state index is -1.19. The molecule has 1 saturated carbocycles. The lowest BCUT2D eigenvalue weighted by Gasteiger charge is -2.29. The van der Waals surface area contributed by atoms with Gasteiger partial charge in [0.1, 0.15) is 17.0 Å². The molecule has 1 aromatic rings. The first-order chi connectivity index (χ1) is 11.0. The maximum absolute atomic E-state index is 12.6. The van der Waals surface area contributed by atoms with Gasteiger partial charge < -0.3 is 19.9 Å². The van der Waals surface area contributed by atoms with Crippen LogP contribution >= 0.6 is 0 Å². The van der Waals surface area contributed by atoms with Crippen LogP contribution in [-0.2, 0) is 4.79 Å². The average molecular weight is 321 g/mol. The van der Waals surface area contributed by atoms with Gasteiger partial charge in [0.2, 0.25) is 0 Å². The van der Waals surface area contributed by atoms with E-state index >= 15 is 0 Å². The summed E-state index contributed by atoms with van der Waals surface area (Å²) < 4.78 is 10.3. The normalized spacial score (nSPS) is 17.0. The summed E-state index contributed by atoms with van der Waals surface area (Å²) in [6.07, 6.45) is 4.50. The number of hydrogen-bond donors (Lipinski definition) is 2. The van der Waals surface area contributed by atoms with Crippen LogP contribution in [0.2, 0.25) is 0 Å². The van der Waals surface area contributed by atoms with Crippen LogP contribution < -0.4 is 14.8 Å². The third kappa shape index (κ3) is 3.94. The van der Waals surface area contributed by atoms with Crippen LogP contribution in [0.4, 0.5) is 0 Å². The number of benzene rings is 1. The highest BCUT2D eigenvalue weighted by Crippen LogP contribution is 2.29. The van der Waals surface area contributed by atoms with E-state index in [-0.39, 0.29) is 0 Å². The van der Waals surface area contributed by atoms with Crippen molar-refractivity contribution < 1.29 is 24.2 Å². The Bertz CT molecular complexity index is 554. The lowest BCUT2D eigenvalue weighted by atomic mass is 9.90. The summed E-state index contributed by atoms with van der Waals surface area (Å²) >= 11 is 0. The first-order valence-electron chi connectivity index (χ1n) is 7.80. The van der Waals surface area contributed by atoms with Crippen molar-refractivity contribution in [3.05, 3.63) is 23.8 Å². The van der Waals surface area contributed by atoms with Gasteiger partial charge in [0.05, 0.1) is 14.2 Å². The Kier molecular flexibility index (Phi) is 5.47. The highest BCUT2D eigenvalue weighted by atomic mass is 16.5. The summed E-state index contributed by atoms with van der Waals surface area (Å²) in [7, 11) is 3.00. The molecule has 2 rings (SSSR count). The number of amides is 1. The molecule has 0 heterocycles. The predicted octanol–water partition coefficient (Wildman–Crippen LogP) is 2.61. The van der Waals surface area contributed by atoms with Crippen LogP contribution in [0.25, 0.3) is 0 Å². The fourth-order valence-corrected chi connectivity index (χ4v) is 2.95. The van der Waals surface area contributed by atoms with Crippen LogP contribution in [0, 0.1) is 0 Å². The zero-order chi connectivity index (χ0) is 16.9. The molecule has 2 N–H and O–H groups in total. The predicted molar refractivity (Wildman–Crippen MR) is 85.1 cm³/mol. The lowest BCUT2D eigenvalue weighted by molar-refractivity contribution is -0.145. The number of carboxylic acid groups (broad SMARTS) is 1. The van der Waals surface area contributed by atoms with Gasteiger partial charge in [0.25, 0.3) is 5.91 Å². The van der Waals surface area contributed by atoms with Gasteiger partial charge in [-0.25, -0.2) is 4.79 Å². The van der Waals surface area contributed by atoms with Crippen LogP contribution in [0.15, 0.2) is 18.2 Å². The van der Waals surface area contributed by atoms with Crippen molar-refractivity contribution in [2.24, 2.45) is 0 Å². The number of nitrogens with one attached hydrogen (secondary N) is 1. The molecule has 0 radical (unpaired) electrons. The molecule has 1 aliphatic rings. The highest BCUT2D eigenvalue weighted by molar-refractivity contribution is 5.98. The second-order valence-electron chi connectivity index (χ2n) is 5.86. The zero-order valence-electron chi connectivity index (χ0n) is 13.6. The molecule has 6 nitrogen and oxygen atoms in total. The second kappa shape index (κ2) is 7.35. The average Bonchev–Trinajstić information content (AvgIpc) is 2.80. The Morgan fingerprint density at radius 2 is 1.52 bits per heavy atom. The molecule has 1 aliphatic carbocycles. The Balaban J connectivity index is 2.26. The summed E-state index contributed by atoms with van der Waals surface area (Å²) in [5, 5.41) is 12.4. The third-order valence-electron chi connectivity index (χ3n) is 4.33. The van der Waals surface area contributed by atoms with E-state index in [1.54, 1.807) is 18.2 Å². The molecule has 1 aromatic carbocycles. The fraction of sp³-hybridized carbons (Fsp3) is 0.529. The zero-order valence-corrected chi connectivity index (χ0v) is 13.6. The van der Waals surface area contributed by atoms with E-state index in [1.165, 1.54) is 14.2 Å². The van der Waals surface area contributed by atoms with Gasteiger partial charge in [-0.15, -0.1) is 0 Å². The maximum atomic E-state index is 12.6. The minimum Gasteiger partial charge on any atom is -0.497 e. The fourth-order valence-electron chi connectivity index (χ4n) is 2.95. The number of carboxylic acids is 1. The van der Waals surface area contributed by atoms with Gasteiger partial charge in [-0.05, 0) is 25.0 Å². The molecule has 0 saturated heterocycles. The quantitative estimate of drug-likeness (QED) is 0.814. The number of ether oxygens (including phenoxy) is 2. The monoisotopic (exact) mass is 321 g/mol. The molecule has 0 bridgehead atoms. The summed E-state index contributed by atoms with van der Waals surface area (Å²) in [6.45, 7) is 0. The molecule has 1 amide bonds. The molecule has 6 heteroatoms. The first kappa shape index (κ1) is 17.1. The molecule has 23 heavy (non-hydrogen) atoms. The summed E-state index contributed by atoms with van der Waals surface area (Å²) in [5.74, 6) is -0.423. The smallest absolute Gasteiger partial charge is 0.329 e. The van der Waals surface area contributed by atoms with Gasteiger partial charge in [-0.2, -0.15) is 0 Å². The molecule has 0 atom stereocenters. The SMILES string of the molecule is COc1cc(OC)cc(C(=O)NC2(C(=O)O)CCCCCC2)c1. The van der Waals surface area contributed by atoms with E-state index in [4.69, 9.17) is 9.47 Å². The van der Waals surface area contributed by atoms with Gasteiger partial charge in [0, 0.05) is 11.6 Å². The highest BCUT2D eigenvalue weighted by Gasteiger charge is 2.40. The van der Waals surface area contributed by atoms with Crippen molar-refractivity contribution in [3.8, 4) is 11.5 Å². The van der Waals surface area contributed by atoms with Gasteiger partial charge in [-0.3, -0.25) is 4.79 Å². The number of hydrogen-bond acceptors (Lipinski definition) is 4. The van der Waals surface area contributed by atoms with Gasteiger partial charge in [0.15, 0.2) is 0 Å². The Morgan fingerprint density at radius 3 is 1.96 bits per heavy atom. The second-order valence-corrected chi connectivity index (χ2v) is 5.86. The van der Waals surface area contributed by atoms with Crippen molar-refractivity contribution in [3.63, 3.8) is 0 Å². The van der Waals surface area contributed by atoms with Crippen LogP contribution in [-0.4, -0.2) is 36.7 Å². The van der Waals surface area contributed by atoms with E-state index in [2.05, 4.69) is 5.32 Å². The van der Waals surface area contributed by atoms with Crippen molar-refractivity contribution in [1.82, 2.24) is 5.32 Å². The maximum Gasteiger partial charge on any atom is 0.329 e. The molecule has 0 spiro atoms. The van der Waals surface area contributed by atoms with E-state index in [9.17, 15) is 14.7 Å². The van der Waals surface area contributed by atoms with Gasteiger partial charge in [-0.1, -0.05) is 25.7 Å². The number of carbonyl (C=O) groups is 2. The molecular weight excluding hydrogens is 298 g/mol. The van der Waals surface area contributed by atoms with E-state index in [1.807, 2.05) is 0 Å². The minimum absolute atomic E-state index is 0.325. The van der Waals surface area contributed by atoms with E-state index in [0.717, 1.165) is 25.7 Å². The first-order valence-corrected chi connectivity index (χ1v) is 7.80. The Labute approximate surface area is 135 Å². The molecule has 0 aliphatic heterocycles.